The average molecular weight is 1660 g/mol. The number of benzene rings is 8. The van der Waals surface area contributed by atoms with Gasteiger partial charge in [0.25, 0.3) is 0 Å². The summed E-state index contributed by atoms with van der Waals surface area (Å²) in [5, 5.41) is 0. The molecule has 0 atom stereocenters. The first-order valence-electron chi connectivity index (χ1n) is 46.9. The van der Waals surface area contributed by atoms with E-state index in [9.17, 15) is 0 Å². The summed E-state index contributed by atoms with van der Waals surface area (Å²) in [7, 11) is 0. The van der Waals surface area contributed by atoms with Crippen molar-refractivity contribution in [1.82, 2.24) is 0 Å². The van der Waals surface area contributed by atoms with Crippen LogP contribution in [-0.4, -0.2) is 0 Å². The highest BCUT2D eigenvalue weighted by Gasteiger charge is 2.38. The van der Waals surface area contributed by atoms with Crippen LogP contribution in [-0.2, 0) is 86.6 Å². The molecule has 0 unspecified atom stereocenters. The SMILES string of the molecule is CC(C)(C)c1cc(C(=C=C2C(=C=C(c3cc(C(C)(C)C)cc(C(C)(C)C)c3)c3cc(C(C)(C)C)cc(C(C)(C)C)c3)C(=C=C(c3cc(C(C)(C)C)cc(C(C)(C)C)c3)c3cc(C(C)(C)C)cc(C(C)(C)C)c3)C2=C=C(c2cc(C(C)(C)C)cc(C(C)(C)C)c2)c2cc(C(C)(C)C)cc(C(C)(C)C)c2)c2cc(C(C)(C)C)cc(C(C)(C)C)c2)cc(C(C)(C)C)c1. The molecule has 0 nitrogen and oxygen atoms in total. The molecule has 1 aliphatic carbocycles. The van der Waals surface area contributed by atoms with Crippen molar-refractivity contribution in [1.29, 1.82) is 0 Å². The second kappa shape index (κ2) is 33.2. The van der Waals surface area contributed by atoms with E-state index in [4.69, 9.17) is 22.9 Å². The molecule has 124 heavy (non-hydrogen) atoms. The summed E-state index contributed by atoms with van der Waals surface area (Å²) in [6.07, 6.45) is 0. The van der Waals surface area contributed by atoms with Crippen LogP contribution in [0.1, 0.15) is 466 Å². The van der Waals surface area contributed by atoms with Crippen molar-refractivity contribution in [2.75, 3.05) is 0 Å². The Hall–Kier alpha value is -8.16. The lowest BCUT2D eigenvalue weighted by Gasteiger charge is -2.30. The van der Waals surface area contributed by atoms with Gasteiger partial charge in [0.2, 0.25) is 0 Å². The van der Waals surface area contributed by atoms with Crippen molar-refractivity contribution in [2.24, 2.45) is 0 Å². The molecule has 0 saturated heterocycles. The molecular weight excluding hydrogens is 1490 g/mol. The van der Waals surface area contributed by atoms with Gasteiger partial charge in [-0.2, -0.15) is 0 Å². The molecule has 9 rings (SSSR count). The fraction of sp³-hybridized carbons (Fsp3) is 0.516. The third-order valence-electron chi connectivity index (χ3n) is 25.6. The molecular formula is C124H168. The summed E-state index contributed by atoms with van der Waals surface area (Å²) in [4.78, 5) is 0. The quantitative estimate of drug-likeness (QED) is 0.133. The summed E-state index contributed by atoms with van der Waals surface area (Å²) in [6.45, 7) is 114. The minimum atomic E-state index is -0.215. The molecule has 0 bridgehead atoms. The zero-order valence-electron chi connectivity index (χ0n) is 87.9. The maximum Gasteiger partial charge on any atom is 0.0498 e. The van der Waals surface area contributed by atoms with Gasteiger partial charge in [0.05, 0.1) is 0 Å². The fourth-order valence-electron chi connectivity index (χ4n) is 15.8. The van der Waals surface area contributed by atoms with Gasteiger partial charge in [-0.1, -0.05) is 381 Å². The molecule has 1 saturated carbocycles. The molecule has 0 heteroatoms. The van der Waals surface area contributed by atoms with Crippen molar-refractivity contribution in [3.05, 3.63) is 324 Å². The highest BCUT2D eigenvalue weighted by molar-refractivity contribution is 5.94. The van der Waals surface area contributed by atoms with Gasteiger partial charge in [-0.05, 0) is 317 Å². The van der Waals surface area contributed by atoms with E-state index >= 15 is 0 Å². The van der Waals surface area contributed by atoms with Crippen LogP contribution in [0.25, 0.3) is 22.3 Å². The van der Waals surface area contributed by atoms with Crippen molar-refractivity contribution in [3.8, 4) is 0 Å². The standard InChI is InChI=1S/C124H168/c1-109(2,3)85-49-77(50-86(65-85)110(4,5)6)101(78-51-87(111(7,8)9)66-88(52-78)112(10,11)12)73-105-106(74-102(79-53-89(113(13,14)15)67-90(54-79)114(16,17)18)80-55-91(115(19,20)21)68-92(56-80)116(22,23)24)108(76-104(83-61-97(121(37,38)39)71-98(62-83)122(40,41)42)84-63-99(123(43,44)45)72-100(64-84)124(46,47)48)107(105)75-103(81-57-93(117(25,26)27)69-94(58-81)118(28,29)30)82-59-95(119(31,32)33)70-96(60-82)120(34,35)36/h49-72H,1-48H3. The number of hydrogen-bond donors (Lipinski definition) is 0. The zero-order chi connectivity index (χ0) is 94.3. The fourth-order valence-corrected chi connectivity index (χ4v) is 15.8. The second-order valence-corrected chi connectivity index (χ2v) is 53.9. The lowest BCUT2D eigenvalue weighted by Crippen LogP contribution is -2.19. The molecule has 0 heterocycles. The second-order valence-electron chi connectivity index (χ2n) is 53.9. The predicted molar refractivity (Wildman–Crippen MR) is 549 cm³/mol. The monoisotopic (exact) mass is 1660 g/mol. The molecule has 8 aromatic rings. The van der Waals surface area contributed by atoms with E-state index in [1.807, 2.05) is 0 Å². The summed E-state index contributed by atoms with van der Waals surface area (Å²) < 4.78 is 0. The largest absolute Gasteiger partial charge is 0.101 e. The Morgan fingerprint density at radius 2 is 0.177 bits per heavy atom. The van der Waals surface area contributed by atoms with E-state index in [0.717, 1.165) is 89.1 Å². The first-order valence-corrected chi connectivity index (χ1v) is 46.9. The molecule has 664 valence electrons. The Labute approximate surface area is 760 Å². The third kappa shape index (κ3) is 23.6. The van der Waals surface area contributed by atoms with E-state index in [-0.39, 0.29) is 86.6 Å². The third-order valence-corrected chi connectivity index (χ3v) is 25.6. The first kappa shape index (κ1) is 99.6. The van der Waals surface area contributed by atoms with E-state index in [1.54, 1.807) is 0 Å². The summed E-state index contributed by atoms with van der Waals surface area (Å²) >= 11 is 0. The first-order chi connectivity index (χ1) is 55.5. The Kier molecular flexibility index (Phi) is 26.6. The Morgan fingerprint density at radius 1 is 0.113 bits per heavy atom. The molecule has 0 spiro atoms. The van der Waals surface area contributed by atoms with Crippen LogP contribution in [0.4, 0.5) is 0 Å². The van der Waals surface area contributed by atoms with Gasteiger partial charge in [0, 0.05) is 44.6 Å². The molecule has 0 aromatic heterocycles. The Bertz CT molecular complexity index is 4420. The van der Waals surface area contributed by atoms with Gasteiger partial charge in [-0.15, -0.1) is 22.9 Å². The van der Waals surface area contributed by atoms with Crippen LogP contribution in [0, 0.1) is 0 Å². The van der Waals surface area contributed by atoms with Crippen LogP contribution >= 0.6 is 0 Å². The summed E-state index contributed by atoms with van der Waals surface area (Å²) in [5.74, 6) is 0. The smallest absolute Gasteiger partial charge is 0.0498 e. The van der Waals surface area contributed by atoms with Gasteiger partial charge >= 0.3 is 0 Å². The van der Waals surface area contributed by atoms with Gasteiger partial charge in [0.15, 0.2) is 0 Å². The maximum atomic E-state index is 4.74. The van der Waals surface area contributed by atoms with Crippen molar-refractivity contribution < 1.29 is 0 Å². The molecule has 0 radical (unpaired) electrons. The molecule has 0 aliphatic heterocycles. The molecule has 1 fully saturated rings. The average Bonchev–Trinajstić information content (AvgIpc) is 0.724. The van der Waals surface area contributed by atoms with Gasteiger partial charge in [-0.3, -0.25) is 0 Å². The van der Waals surface area contributed by atoms with Crippen LogP contribution in [0.3, 0.4) is 0 Å². The zero-order valence-corrected chi connectivity index (χ0v) is 87.9. The highest BCUT2D eigenvalue weighted by Crippen LogP contribution is 2.51. The van der Waals surface area contributed by atoms with Crippen LogP contribution < -0.4 is 0 Å². The number of rotatable bonds is 8. The Balaban J connectivity index is 1.95. The van der Waals surface area contributed by atoms with Crippen LogP contribution in [0.15, 0.2) is 191 Å². The normalized spacial score (nSPS) is 14.3. The lowest BCUT2D eigenvalue weighted by molar-refractivity contribution is 0.567. The van der Waals surface area contributed by atoms with Crippen molar-refractivity contribution in [3.63, 3.8) is 0 Å². The van der Waals surface area contributed by atoms with Crippen LogP contribution in [0.5, 0.6) is 0 Å². The van der Waals surface area contributed by atoms with Gasteiger partial charge < -0.3 is 0 Å². The Morgan fingerprint density at radius 3 is 0.234 bits per heavy atom. The maximum absolute atomic E-state index is 4.74. The molecule has 1 aliphatic rings. The highest BCUT2D eigenvalue weighted by atomic mass is 14.4. The number of hydrogen-bond acceptors (Lipinski definition) is 0. The molecule has 8 aromatic carbocycles. The minimum Gasteiger partial charge on any atom is -0.101 e. The number of allylic oxidation sites excluding steroid dienone is 4. The topological polar surface area (TPSA) is 0 Å². The van der Waals surface area contributed by atoms with Gasteiger partial charge in [-0.25, -0.2) is 0 Å². The van der Waals surface area contributed by atoms with E-state index in [2.05, 4.69) is 478 Å². The van der Waals surface area contributed by atoms with Crippen molar-refractivity contribution >= 4 is 22.3 Å². The summed E-state index contributed by atoms with van der Waals surface area (Å²) in [6, 6.07) is 60.1. The van der Waals surface area contributed by atoms with E-state index in [1.165, 1.54) is 89.0 Å². The van der Waals surface area contributed by atoms with E-state index in [0.29, 0.717) is 0 Å². The van der Waals surface area contributed by atoms with Crippen LogP contribution in [0.2, 0.25) is 0 Å². The van der Waals surface area contributed by atoms with Crippen molar-refractivity contribution in [2.45, 2.75) is 419 Å². The van der Waals surface area contributed by atoms with Gasteiger partial charge in [0.1, 0.15) is 0 Å². The minimum absolute atomic E-state index is 0.215. The van der Waals surface area contributed by atoms with E-state index < -0.39 is 0 Å². The summed E-state index contributed by atoms with van der Waals surface area (Å²) in [5.41, 5.74) is 52.8. The molecule has 0 N–H and O–H groups in total. The predicted octanol–water partition coefficient (Wildman–Crippen LogP) is 35.4. The lowest BCUT2D eigenvalue weighted by atomic mass is 9.71. The molecule has 0 amide bonds.